The summed E-state index contributed by atoms with van der Waals surface area (Å²) in [6.07, 6.45) is 0.240. The predicted molar refractivity (Wildman–Crippen MR) is 94.4 cm³/mol. The van der Waals surface area contributed by atoms with Crippen LogP contribution in [-0.2, 0) is 9.53 Å². The highest BCUT2D eigenvalue weighted by Crippen LogP contribution is 2.23. The summed E-state index contributed by atoms with van der Waals surface area (Å²) < 4.78 is 5.33. The number of aliphatic hydroxyl groups is 1. The second-order valence-electron chi connectivity index (χ2n) is 6.25. The van der Waals surface area contributed by atoms with Crippen molar-refractivity contribution in [2.45, 2.75) is 18.9 Å². The summed E-state index contributed by atoms with van der Waals surface area (Å²) in [5, 5.41) is 16.4. The fourth-order valence-corrected chi connectivity index (χ4v) is 2.91. The number of amides is 1. The van der Waals surface area contributed by atoms with E-state index in [1.165, 1.54) is 5.01 Å². The minimum absolute atomic E-state index is 0. The molecule has 1 unspecified atom stereocenters. The molecule has 3 rings (SSSR count). The van der Waals surface area contributed by atoms with E-state index in [2.05, 4.69) is 10.0 Å². The van der Waals surface area contributed by atoms with Crippen molar-refractivity contribution in [3.63, 3.8) is 0 Å². The fourth-order valence-electron chi connectivity index (χ4n) is 2.91. The Hall–Kier alpha value is -1.47. The van der Waals surface area contributed by atoms with Crippen LogP contribution in [0.2, 0.25) is 0 Å². The second kappa shape index (κ2) is 8.07. The molecule has 1 fully saturated rings. The number of benzene rings is 1. The first kappa shape index (κ1) is 18.9. The molecule has 1 atom stereocenters. The molecular formula is C17H24ClN3O3. The number of ether oxygens (including phenoxy) is 1. The van der Waals surface area contributed by atoms with E-state index in [0.717, 1.165) is 44.1 Å². The van der Waals surface area contributed by atoms with E-state index in [0.29, 0.717) is 6.54 Å². The lowest BCUT2D eigenvalue weighted by molar-refractivity contribution is -0.150. The zero-order valence-corrected chi connectivity index (χ0v) is 14.7. The first-order valence-corrected chi connectivity index (χ1v) is 8.03. The summed E-state index contributed by atoms with van der Waals surface area (Å²) in [4.78, 5) is 14.7. The van der Waals surface area contributed by atoms with Crippen LogP contribution in [0.15, 0.2) is 35.4 Å². The Morgan fingerprint density at radius 1 is 1.21 bits per heavy atom. The van der Waals surface area contributed by atoms with Gasteiger partial charge in [0.25, 0.3) is 5.91 Å². The standard InChI is InChI=1S/C17H23N3O3.ClH/c1-17(22)13-15(14-5-3-2-4-6-14)18-20(16(17)21)8-7-19-9-11-23-12-10-19;/h2-6,22H,7-13H2,1H3;1H. The number of rotatable bonds is 4. The van der Waals surface area contributed by atoms with Gasteiger partial charge in [0.2, 0.25) is 0 Å². The molecule has 0 aromatic heterocycles. The van der Waals surface area contributed by atoms with Crippen LogP contribution in [0.4, 0.5) is 0 Å². The fraction of sp³-hybridized carbons (Fsp3) is 0.529. The molecule has 7 heteroatoms. The SMILES string of the molecule is CC1(O)CC(c2ccccc2)=NN(CCN2CCOCC2)C1=O.Cl. The summed E-state index contributed by atoms with van der Waals surface area (Å²) in [6, 6.07) is 9.70. The minimum atomic E-state index is -1.40. The van der Waals surface area contributed by atoms with Crippen molar-refractivity contribution >= 4 is 24.0 Å². The molecule has 2 aliphatic rings. The van der Waals surface area contributed by atoms with Crippen molar-refractivity contribution < 1.29 is 14.6 Å². The highest BCUT2D eigenvalue weighted by Gasteiger charge is 2.40. The van der Waals surface area contributed by atoms with Crippen molar-refractivity contribution in [1.82, 2.24) is 9.91 Å². The summed E-state index contributed by atoms with van der Waals surface area (Å²) >= 11 is 0. The van der Waals surface area contributed by atoms with Gasteiger partial charge in [-0.3, -0.25) is 9.69 Å². The summed E-state index contributed by atoms with van der Waals surface area (Å²) in [5.74, 6) is -0.328. The normalized spacial score (nSPS) is 25.2. The van der Waals surface area contributed by atoms with Gasteiger partial charge in [-0.05, 0) is 12.5 Å². The van der Waals surface area contributed by atoms with Crippen molar-refractivity contribution in [3.05, 3.63) is 35.9 Å². The number of halogens is 1. The van der Waals surface area contributed by atoms with E-state index in [-0.39, 0.29) is 24.7 Å². The summed E-state index contributed by atoms with van der Waals surface area (Å²) in [6.45, 7) is 5.96. The Morgan fingerprint density at radius 2 is 1.88 bits per heavy atom. The Balaban J connectivity index is 0.00000208. The Labute approximate surface area is 148 Å². The topological polar surface area (TPSA) is 65.4 Å². The Morgan fingerprint density at radius 3 is 2.54 bits per heavy atom. The van der Waals surface area contributed by atoms with Crippen molar-refractivity contribution in [2.75, 3.05) is 39.4 Å². The van der Waals surface area contributed by atoms with Crippen LogP contribution in [0.25, 0.3) is 0 Å². The van der Waals surface area contributed by atoms with Crippen molar-refractivity contribution in [3.8, 4) is 0 Å². The number of nitrogens with zero attached hydrogens (tertiary/aromatic N) is 3. The number of carbonyl (C=O) groups is 1. The molecule has 0 saturated carbocycles. The maximum absolute atomic E-state index is 12.4. The minimum Gasteiger partial charge on any atom is -0.380 e. The van der Waals surface area contributed by atoms with Gasteiger partial charge in [-0.2, -0.15) is 5.10 Å². The molecule has 2 heterocycles. The number of carbonyl (C=O) groups excluding carboxylic acids is 1. The second-order valence-corrected chi connectivity index (χ2v) is 6.25. The lowest BCUT2D eigenvalue weighted by atomic mass is 9.92. The molecule has 132 valence electrons. The monoisotopic (exact) mass is 353 g/mol. The Bertz CT molecular complexity index is 586. The van der Waals surface area contributed by atoms with Gasteiger partial charge in [-0.15, -0.1) is 12.4 Å². The first-order valence-electron chi connectivity index (χ1n) is 8.03. The molecule has 1 saturated heterocycles. The van der Waals surface area contributed by atoms with Crippen LogP contribution >= 0.6 is 12.4 Å². The van der Waals surface area contributed by atoms with Gasteiger partial charge in [0.05, 0.1) is 25.5 Å². The summed E-state index contributed by atoms with van der Waals surface area (Å²) in [7, 11) is 0. The highest BCUT2D eigenvalue weighted by atomic mass is 35.5. The number of hydrazone groups is 1. The number of hydrogen-bond acceptors (Lipinski definition) is 5. The predicted octanol–water partition coefficient (Wildman–Crippen LogP) is 1.13. The molecule has 2 aliphatic heterocycles. The van der Waals surface area contributed by atoms with Crippen molar-refractivity contribution in [1.29, 1.82) is 0 Å². The Kier molecular flexibility index (Phi) is 6.34. The van der Waals surface area contributed by atoms with Crippen LogP contribution < -0.4 is 0 Å². The zero-order chi connectivity index (χ0) is 16.3. The van der Waals surface area contributed by atoms with E-state index in [4.69, 9.17) is 4.74 Å². The molecule has 1 aromatic rings. The average molecular weight is 354 g/mol. The lowest BCUT2D eigenvalue weighted by Crippen LogP contribution is -2.52. The molecule has 0 bridgehead atoms. The van der Waals surface area contributed by atoms with E-state index in [1.807, 2.05) is 30.3 Å². The van der Waals surface area contributed by atoms with Gasteiger partial charge in [0, 0.05) is 26.1 Å². The highest BCUT2D eigenvalue weighted by molar-refractivity contribution is 6.06. The molecule has 0 radical (unpaired) electrons. The van der Waals surface area contributed by atoms with Gasteiger partial charge in [0.15, 0.2) is 0 Å². The smallest absolute Gasteiger partial charge is 0.274 e. The van der Waals surface area contributed by atoms with Crippen LogP contribution in [0.5, 0.6) is 0 Å². The van der Waals surface area contributed by atoms with Crippen LogP contribution in [0.1, 0.15) is 18.9 Å². The summed E-state index contributed by atoms with van der Waals surface area (Å²) in [5.41, 5.74) is 0.284. The molecular weight excluding hydrogens is 330 g/mol. The molecule has 1 aromatic carbocycles. The van der Waals surface area contributed by atoms with Gasteiger partial charge >= 0.3 is 0 Å². The van der Waals surface area contributed by atoms with Crippen LogP contribution in [-0.4, -0.2) is 71.6 Å². The first-order chi connectivity index (χ1) is 11.1. The third-order valence-electron chi connectivity index (χ3n) is 4.29. The number of morpholine rings is 1. The van der Waals surface area contributed by atoms with E-state index in [1.54, 1.807) is 6.92 Å². The van der Waals surface area contributed by atoms with E-state index in [9.17, 15) is 9.90 Å². The molecule has 0 aliphatic carbocycles. The van der Waals surface area contributed by atoms with Crippen LogP contribution in [0, 0.1) is 0 Å². The quantitative estimate of drug-likeness (QED) is 0.881. The lowest BCUT2D eigenvalue weighted by Gasteiger charge is -2.35. The average Bonchev–Trinajstić information content (AvgIpc) is 2.58. The maximum Gasteiger partial charge on any atom is 0.274 e. The van der Waals surface area contributed by atoms with Gasteiger partial charge < -0.3 is 9.84 Å². The number of hydrogen-bond donors (Lipinski definition) is 1. The van der Waals surface area contributed by atoms with Gasteiger partial charge in [-0.25, -0.2) is 5.01 Å². The zero-order valence-electron chi connectivity index (χ0n) is 13.9. The molecule has 6 nitrogen and oxygen atoms in total. The van der Waals surface area contributed by atoms with Gasteiger partial charge in [0.1, 0.15) is 5.60 Å². The van der Waals surface area contributed by atoms with E-state index < -0.39 is 5.60 Å². The largest absolute Gasteiger partial charge is 0.380 e. The molecule has 0 spiro atoms. The third kappa shape index (κ3) is 4.33. The molecule has 1 amide bonds. The van der Waals surface area contributed by atoms with Gasteiger partial charge in [-0.1, -0.05) is 30.3 Å². The van der Waals surface area contributed by atoms with E-state index >= 15 is 0 Å². The maximum atomic E-state index is 12.4. The third-order valence-corrected chi connectivity index (χ3v) is 4.29. The molecule has 1 N–H and O–H groups in total. The van der Waals surface area contributed by atoms with Crippen LogP contribution in [0.3, 0.4) is 0 Å². The molecule has 24 heavy (non-hydrogen) atoms. The van der Waals surface area contributed by atoms with Crippen molar-refractivity contribution in [2.24, 2.45) is 5.10 Å².